The number of hydrogen-bond acceptors (Lipinski definition) is 1. The zero-order valence-electron chi connectivity index (χ0n) is 12.5. The number of hydrogen-bond donors (Lipinski definition) is 1. The van der Waals surface area contributed by atoms with Crippen molar-refractivity contribution in [1.82, 2.24) is 9.88 Å². The molecule has 0 aliphatic carbocycles. The molecular weight excluding hydrogens is 364 g/mol. The Balaban J connectivity index is 0.000000292. The number of carbonyl (C=O) groups is 1. The van der Waals surface area contributed by atoms with Crippen LogP contribution in [0.4, 0.5) is 13.2 Å². The van der Waals surface area contributed by atoms with E-state index in [0.717, 1.165) is 31.5 Å². The van der Waals surface area contributed by atoms with Gasteiger partial charge in [0, 0.05) is 36.6 Å². The van der Waals surface area contributed by atoms with Gasteiger partial charge in [-0.05, 0) is 24.6 Å². The summed E-state index contributed by atoms with van der Waals surface area (Å²) in [5.74, 6) is 0.417. The van der Waals surface area contributed by atoms with Crippen molar-refractivity contribution >= 4 is 29.1 Å². The molecule has 1 aromatic heterocycles. The first-order valence-electron chi connectivity index (χ1n) is 7.18. The van der Waals surface area contributed by atoms with Crippen LogP contribution in [0.5, 0.6) is 0 Å². The number of halogens is 5. The molecule has 1 aliphatic heterocycles. The summed E-state index contributed by atoms with van der Waals surface area (Å²) in [5, 5.41) is 3.11. The molecule has 0 radical (unpaired) electrons. The third-order valence-electron chi connectivity index (χ3n) is 3.37. The minimum atomic E-state index is -4.36. The lowest BCUT2D eigenvalue weighted by Crippen LogP contribution is -2.12. The summed E-state index contributed by atoms with van der Waals surface area (Å²) in [6.45, 7) is 0.888. The first-order valence-corrected chi connectivity index (χ1v) is 8.09. The number of nitrogens with one attached hydrogen (secondary N) is 1. The van der Waals surface area contributed by atoms with Gasteiger partial charge in [-0.25, -0.2) is 0 Å². The number of nitrogens with zero attached hydrogens (tertiary/aromatic N) is 1. The Morgan fingerprint density at radius 2 is 2.00 bits per heavy atom. The molecule has 1 N–H and O–H groups in total. The number of carbonyl (C=O) groups excluding carboxylic acids is 1. The van der Waals surface area contributed by atoms with Crippen LogP contribution in [-0.2, 0) is 16.9 Å². The molecule has 3 rings (SSSR count). The van der Waals surface area contributed by atoms with E-state index in [4.69, 9.17) is 23.2 Å². The van der Waals surface area contributed by atoms with Crippen molar-refractivity contribution in [3.63, 3.8) is 0 Å². The second-order valence-electron chi connectivity index (χ2n) is 5.17. The highest BCUT2D eigenvalue weighted by molar-refractivity contribution is 6.32. The lowest BCUT2D eigenvalue weighted by atomic mass is 10.2. The topological polar surface area (TPSA) is 34.0 Å². The number of rotatable bonds is 2. The van der Waals surface area contributed by atoms with Crippen molar-refractivity contribution in [2.24, 2.45) is 0 Å². The van der Waals surface area contributed by atoms with E-state index in [-0.39, 0.29) is 11.8 Å². The molecule has 2 aromatic rings. The summed E-state index contributed by atoms with van der Waals surface area (Å²) in [6, 6.07) is 5.02. The first kappa shape index (κ1) is 18.7. The molecule has 0 spiro atoms. The average Bonchev–Trinajstić information content (AvgIpc) is 3.16. The van der Waals surface area contributed by atoms with Gasteiger partial charge in [0.25, 0.3) is 0 Å². The molecule has 1 saturated heterocycles. The van der Waals surface area contributed by atoms with Crippen LogP contribution in [0.3, 0.4) is 0 Å². The first-order chi connectivity index (χ1) is 11.3. The van der Waals surface area contributed by atoms with E-state index < -0.39 is 11.7 Å². The molecule has 0 atom stereocenters. The molecule has 8 heteroatoms. The minimum absolute atomic E-state index is 0.204. The zero-order valence-corrected chi connectivity index (χ0v) is 14.0. The van der Waals surface area contributed by atoms with Gasteiger partial charge in [0.15, 0.2) is 0 Å². The van der Waals surface area contributed by atoms with E-state index in [1.807, 2.05) is 0 Å². The predicted molar refractivity (Wildman–Crippen MR) is 87.6 cm³/mol. The zero-order chi connectivity index (χ0) is 17.7. The fraction of sp³-hybridized carbons (Fsp3) is 0.312. The van der Waals surface area contributed by atoms with E-state index >= 15 is 0 Å². The molecule has 2 heterocycles. The number of amides is 1. The SMILES string of the molecule is FC(F)(F)c1cccc(-n2cc(Cl)c(CCl)c2)c1.O=C1CCCN1. The van der Waals surface area contributed by atoms with Crippen LogP contribution in [0.25, 0.3) is 5.69 Å². The third kappa shape index (κ3) is 4.92. The summed E-state index contributed by atoms with van der Waals surface area (Å²) in [5.41, 5.74) is 0.371. The maximum absolute atomic E-state index is 12.6. The largest absolute Gasteiger partial charge is 0.416 e. The van der Waals surface area contributed by atoms with Crippen LogP contribution < -0.4 is 5.32 Å². The van der Waals surface area contributed by atoms with Gasteiger partial charge >= 0.3 is 6.18 Å². The summed E-state index contributed by atoms with van der Waals surface area (Å²) in [6.07, 6.45) is 0.556. The van der Waals surface area contributed by atoms with Crippen molar-refractivity contribution in [2.45, 2.75) is 24.9 Å². The van der Waals surface area contributed by atoms with Gasteiger partial charge in [0.1, 0.15) is 0 Å². The van der Waals surface area contributed by atoms with Gasteiger partial charge < -0.3 is 9.88 Å². The molecule has 3 nitrogen and oxygen atoms in total. The van der Waals surface area contributed by atoms with Crippen LogP contribution in [0, 0.1) is 0 Å². The molecule has 0 saturated carbocycles. The van der Waals surface area contributed by atoms with Gasteiger partial charge in [0.05, 0.1) is 16.5 Å². The molecule has 1 aromatic carbocycles. The molecule has 130 valence electrons. The van der Waals surface area contributed by atoms with Crippen molar-refractivity contribution in [3.05, 3.63) is 52.8 Å². The van der Waals surface area contributed by atoms with Crippen molar-refractivity contribution < 1.29 is 18.0 Å². The molecule has 1 aliphatic rings. The smallest absolute Gasteiger partial charge is 0.356 e. The number of benzene rings is 1. The van der Waals surface area contributed by atoms with Crippen molar-refractivity contribution in [1.29, 1.82) is 0 Å². The van der Waals surface area contributed by atoms with Crippen LogP contribution in [0.1, 0.15) is 24.0 Å². The summed E-state index contributed by atoms with van der Waals surface area (Å²) in [4.78, 5) is 10.1. The molecular formula is C16H15Cl2F3N2O. The Morgan fingerprint density at radius 3 is 2.46 bits per heavy atom. The lowest BCUT2D eigenvalue weighted by molar-refractivity contribution is -0.137. The van der Waals surface area contributed by atoms with E-state index in [2.05, 4.69) is 5.32 Å². The highest BCUT2D eigenvalue weighted by Gasteiger charge is 2.30. The summed E-state index contributed by atoms with van der Waals surface area (Å²) < 4.78 is 39.3. The van der Waals surface area contributed by atoms with E-state index in [9.17, 15) is 18.0 Å². The number of aromatic nitrogens is 1. The highest BCUT2D eigenvalue weighted by atomic mass is 35.5. The lowest BCUT2D eigenvalue weighted by Gasteiger charge is -2.09. The Labute approximate surface area is 147 Å². The quantitative estimate of drug-likeness (QED) is 0.749. The van der Waals surface area contributed by atoms with Crippen molar-refractivity contribution in [2.75, 3.05) is 6.54 Å². The Hall–Kier alpha value is -1.66. The molecule has 0 unspecified atom stereocenters. The fourth-order valence-electron chi connectivity index (χ4n) is 2.13. The maximum Gasteiger partial charge on any atom is 0.416 e. The fourth-order valence-corrected chi connectivity index (χ4v) is 2.63. The van der Waals surface area contributed by atoms with Crippen LogP contribution in [0.15, 0.2) is 36.7 Å². The van der Waals surface area contributed by atoms with E-state index in [0.29, 0.717) is 16.3 Å². The summed E-state index contributed by atoms with van der Waals surface area (Å²) >= 11 is 11.6. The number of alkyl halides is 4. The maximum atomic E-state index is 12.6. The standard InChI is InChI=1S/C12H8Cl2F3N.C4H7NO/c13-5-8-6-18(7-11(8)14)10-3-1-2-9(4-10)12(15,16)17;6-4-2-1-3-5-4/h1-4,6-7H,5H2;1-3H2,(H,5,6). The summed E-state index contributed by atoms with van der Waals surface area (Å²) in [7, 11) is 0. The van der Waals surface area contributed by atoms with E-state index in [1.165, 1.54) is 16.8 Å². The van der Waals surface area contributed by atoms with Crippen LogP contribution in [-0.4, -0.2) is 17.0 Å². The monoisotopic (exact) mass is 378 g/mol. The van der Waals surface area contributed by atoms with Crippen LogP contribution >= 0.6 is 23.2 Å². The Morgan fingerprint density at radius 1 is 1.25 bits per heavy atom. The third-order valence-corrected chi connectivity index (χ3v) is 4.00. The van der Waals surface area contributed by atoms with Gasteiger partial charge in [0.2, 0.25) is 5.91 Å². The van der Waals surface area contributed by atoms with Gasteiger partial charge in [-0.2, -0.15) is 13.2 Å². The minimum Gasteiger partial charge on any atom is -0.356 e. The normalized spacial score (nSPS) is 14.1. The second kappa shape index (κ2) is 7.94. The molecule has 1 amide bonds. The van der Waals surface area contributed by atoms with Gasteiger partial charge in [-0.1, -0.05) is 17.7 Å². The van der Waals surface area contributed by atoms with Gasteiger partial charge in [-0.3, -0.25) is 4.79 Å². The average molecular weight is 379 g/mol. The Kier molecular flexibility index (Phi) is 6.18. The van der Waals surface area contributed by atoms with Crippen LogP contribution in [0.2, 0.25) is 5.02 Å². The van der Waals surface area contributed by atoms with E-state index in [1.54, 1.807) is 12.3 Å². The highest BCUT2D eigenvalue weighted by Crippen LogP contribution is 2.31. The molecule has 0 bridgehead atoms. The van der Waals surface area contributed by atoms with Crippen molar-refractivity contribution in [3.8, 4) is 5.69 Å². The second-order valence-corrected chi connectivity index (χ2v) is 5.85. The Bertz CT molecular complexity index is 706. The molecule has 24 heavy (non-hydrogen) atoms. The van der Waals surface area contributed by atoms with Gasteiger partial charge in [-0.15, -0.1) is 11.6 Å². The predicted octanol–water partition coefficient (Wildman–Crippen LogP) is 4.78. The molecule has 1 fully saturated rings.